The van der Waals surface area contributed by atoms with Crippen molar-refractivity contribution in [3.8, 4) is 0 Å². The Bertz CT molecular complexity index is 919. The lowest BCUT2D eigenvalue weighted by molar-refractivity contribution is -0.385. The molecular weight excluding hydrogens is 418 g/mol. The van der Waals surface area contributed by atoms with Crippen molar-refractivity contribution in [3.05, 3.63) is 74.8 Å². The quantitative estimate of drug-likeness (QED) is 0.313. The van der Waals surface area contributed by atoms with E-state index in [9.17, 15) is 19.7 Å². The largest absolute Gasteiger partial charge is 0.354 e. The third-order valence-electron chi connectivity index (χ3n) is 5.04. The number of hydrogen-bond donors (Lipinski definition) is 1. The molecule has 0 aromatic heterocycles. The molecule has 7 nitrogen and oxygen atoms in total. The number of carbonyl (C=O) groups excluding carboxylic acids is 2. The molecule has 8 heteroatoms. The predicted octanol–water partition coefficient (Wildman–Crippen LogP) is 4.51. The molecule has 0 aliphatic rings. The van der Waals surface area contributed by atoms with Crippen LogP contribution in [0.5, 0.6) is 0 Å². The highest BCUT2D eigenvalue weighted by Crippen LogP contribution is 2.23. The van der Waals surface area contributed by atoms with Crippen molar-refractivity contribution in [1.82, 2.24) is 10.2 Å². The van der Waals surface area contributed by atoms with Gasteiger partial charge in [-0.3, -0.25) is 19.7 Å². The van der Waals surface area contributed by atoms with E-state index in [4.69, 9.17) is 11.6 Å². The average Bonchev–Trinajstić information content (AvgIpc) is 2.75. The highest BCUT2D eigenvalue weighted by atomic mass is 35.5. The van der Waals surface area contributed by atoms with Crippen molar-refractivity contribution in [2.24, 2.45) is 0 Å². The van der Waals surface area contributed by atoms with Gasteiger partial charge < -0.3 is 10.2 Å². The number of amides is 2. The lowest BCUT2D eigenvalue weighted by Crippen LogP contribution is -2.49. The van der Waals surface area contributed by atoms with Crippen molar-refractivity contribution in [2.75, 3.05) is 6.54 Å². The number of rotatable bonds is 11. The van der Waals surface area contributed by atoms with Crippen LogP contribution in [0, 0.1) is 10.1 Å². The Kier molecular flexibility index (Phi) is 9.46. The summed E-state index contributed by atoms with van der Waals surface area (Å²) < 4.78 is 0. The molecule has 0 bridgehead atoms. The van der Waals surface area contributed by atoms with E-state index in [0.717, 1.165) is 12.8 Å². The van der Waals surface area contributed by atoms with Gasteiger partial charge in [0.15, 0.2) is 0 Å². The molecule has 2 amide bonds. The maximum atomic E-state index is 13.3. The van der Waals surface area contributed by atoms with Gasteiger partial charge in [-0.1, -0.05) is 68.3 Å². The van der Waals surface area contributed by atoms with Crippen LogP contribution in [0.15, 0.2) is 48.5 Å². The van der Waals surface area contributed by atoms with Crippen LogP contribution in [0.1, 0.15) is 44.2 Å². The van der Waals surface area contributed by atoms with Crippen molar-refractivity contribution < 1.29 is 14.5 Å². The Morgan fingerprint density at radius 3 is 2.35 bits per heavy atom. The molecule has 2 rings (SSSR count). The van der Waals surface area contributed by atoms with Crippen LogP contribution in [-0.2, 0) is 22.6 Å². The van der Waals surface area contributed by atoms with Gasteiger partial charge in [0.2, 0.25) is 11.8 Å². The van der Waals surface area contributed by atoms with Crippen LogP contribution in [0.3, 0.4) is 0 Å². The first kappa shape index (κ1) is 24.3. The molecule has 0 unspecified atom stereocenters. The number of unbranched alkanes of at least 4 members (excludes halogenated alkanes) is 1. The zero-order valence-electron chi connectivity index (χ0n) is 17.8. The fourth-order valence-corrected chi connectivity index (χ4v) is 3.53. The summed E-state index contributed by atoms with van der Waals surface area (Å²) in [5.74, 6) is -0.606. The number of benzene rings is 2. The summed E-state index contributed by atoms with van der Waals surface area (Å²) in [6, 6.07) is 12.6. The molecular formula is C23H28ClN3O4. The van der Waals surface area contributed by atoms with Gasteiger partial charge in [-0.05, 0) is 24.5 Å². The summed E-state index contributed by atoms with van der Waals surface area (Å²) in [6.07, 6.45) is 2.01. The second kappa shape index (κ2) is 12.1. The van der Waals surface area contributed by atoms with Gasteiger partial charge in [0, 0.05) is 29.7 Å². The summed E-state index contributed by atoms with van der Waals surface area (Å²) >= 11 is 6.30. The van der Waals surface area contributed by atoms with Crippen LogP contribution in [0.25, 0.3) is 0 Å². The lowest BCUT2D eigenvalue weighted by atomic mass is 10.1. The van der Waals surface area contributed by atoms with Gasteiger partial charge in [0.25, 0.3) is 5.69 Å². The SMILES string of the molecule is CCCCNC(=O)[C@H](CC)N(Cc1ccccc1Cl)C(=O)Cc1ccccc1[N+](=O)[O-]. The number of nitrogens with zero attached hydrogens (tertiary/aromatic N) is 2. The van der Waals surface area contributed by atoms with E-state index in [1.54, 1.807) is 36.4 Å². The molecule has 166 valence electrons. The first-order valence-corrected chi connectivity index (χ1v) is 10.8. The fraction of sp³-hybridized carbons (Fsp3) is 0.391. The second-order valence-corrected chi connectivity index (χ2v) is 7.65. The molecule has 0 saturated carbocycles. The predicted molar refractivity (Wildman–Crippen MR) is 121 cm³/mol. The normalized spacial score (nSPS) is 11.6. The fourth-order valence-electron chi connectivity index (χ4n) is 3.34. The monoisotopic (exact) mass is 445 g/mol. The van der Waals surface area contributed by atoms with Gasteiger partial charge in [-0.2, -0.15) is 0 Å². The van der Waals surface area contributed by atoms with Gasteiger partial charge in [0.05, 0.1) is 11.3 Å². The lowest BCUT2D eigenvalue weighted by Gasteiger charge is -2.31. The third kappa shape index (κ3) is 6.79. The first-order valence-electron chi connectivity index (χ1n) is 10.4. The minimum atomic E-state index is -0.705. The Morgan fingerprint density at radius 1 is 1.10 bits per heavy atom. The van der Waals surface area contributed by atoms with Gasteiger partial charge in [-0.25, -0.2) is 0 Å². The standard InChI is InChI=1S/C23H28ClN3O4/c1-3-5-14-25-23(29)20(4-2)26(16-18-11-6-8-12-19(18)24)22(28)15-17-10-7-9-13-21(17)27(30)31/h6-13,20H,3-5,14-16H2,1-2H3,(H,25,29)/t20-/m0/s1. The van der Waals surface area contributed by atoms with E-state index < -0.39 is 11.0 Å². The van der Waals surface area contributed by atoms with Crippen LogP contribution < -0.4 is 5.32 Å². The second-order valence-electron chi connectivity index (χ2n) is 7.24. The molecule has 2 aromatic carbocycles. The van der Waals surface area contributed by atoms with Crippen LogP contribution >= 0.6 is 11.6 Å². The smallest absolute Gasteiger partial charge is 0.273 e. The van der Waals surface area contributed by atoms with Gasteiger partial charge in [-0.15, -0.1) is 0 Å². The van der Waals surface area contributed by atoms with Crippen LogP contribution in [0.2, 0.25) is 5.02 Å². The number of hydrogen-bond acceptors (Lipinski definition) is 4. The minimum Gasteiger partial charge on any atom is -0.354 e. The highest BCUT2D eigenvalue weighted by molar-refractivity contribution is 6.31. The van der Waals surface area contributed by atoms with Crippen molar-refractivity contribution >= 4 is 29.1 Å². The molecule has 31 heavy (non-hydrogen) atoms. The molecule has 0 heterocycles. The number of nitrogens with one attached hydrogen (secondary N) is 1. The van der Waals surface area contributed by atoms with E-state index in [1.807, 2.05) is 19.9 Å². The van der Waals surface area contributed by atoms with Crippen molar-refractivity contribution in [1.29, 1.82) is 0 Å². The maximum Gasteiger partial charge on any atom is 0.273 e. The number of nitro groups is 1. The van der Waals surface area contributed by atoms with Gasteiger partial charge >= 0.3 is 0 Å². The molecule has 2 aromatic rings. The third-order valence-corrected chi connectivity index (χ3v) is 5.41. The number of para-hydroxylation sites is 1. The van der Waals surface area contributed by atoms with Crippen molar-refractivity contribution in [2.45, 2.75) is 52.1 Å². The molecule has 1 N–H and O–H groups in total. The summed E-state index contributed by atoms with van der Waals surface area (Å²) in [7, 11) is 0. The summed E-state index contributed by atoms with van der Waals surface area (Å²) in [5, 5.41) is 14.7. The van der Waals surface area contributed by atoms with Gasteiger partial charge in [0.1, 0.15) is 6.04 Å². The topological polar surface area (TPSA) is 92.6 Å². The van der Waals surface area contributed by atoms with E-state index in [2.05, 4.69) is 5.32 Å². The molecule has 0 saturated heterocycles. The summed E-state index contributed by atoms with van der Waals surface area (Å²) in [5.41, 5.74) is 0.900. The van der Waals surface area contributed by atoms with E-state index in [-0.39, 0.29) is 30.5 Å². The van der Waals surface area contributed by atoms with Crippen LogP contribution in [-0.4, -0.2) is 34.2 Å². The number of carbonyl (C=O) groups is 2. The molecule has 0 aliphatic heterocycles. The number of halogens is 1. The molecule has 0 radical (unpaired) electrons. The Balaban J connectivity index is 2.34. The molecule has 1 atom stereocenters. The molecule has 0 spiro atoms. The van der Waals surface area contributed by atoms with Crippen molar-refractivity contribution in [3.63, 3.8) is 0 Å². The summed E-state index contributed by atoms with van der Waals surface area (Å²) in [6.45, 7) is 4.54. The summed E-state index contributed by atoms with van der Waals surface area (Å²) in [4.78, 5) is 38.5. The van der Waals surface area contributed by atoms with Crippen LogP contribution in [0.4, 0.5) is 5.69 Å². The highest BCUT2D eigenvalue weighted by Gasteiger charge is 2.30. The van der Waals surface area contributed by atoms with E-state index in [0.29, 0.717) is 29.1 Å². The molecule has 0 aliphatic carbocycles. The van der Waals surface area contributed by atoms with E-state index >= 15 is 0 Å². The Hall–Kier alpha value is -2.93. The average molecular weight is 446 g/mol. The number of nitro benzene ring substituents is 1. The Morgan fingerprint density at radius 2 is 1.74 bits per heavy atom. The zero-order chi connectivity index (χ0) is 22.8. The minimum absolute atomic E-state index is 0.117. The first-order chi connectivity index (χ1) is 14.9. The maximum absolute atomic E-state index is 13.3. The Labute approximate surface area is 187 Å². The van der Waals surface area contributed by atoms with E-state index in [1.165, 1.54) is 11.0 Å². The molecule has 0 fully saturated rings. The zero-order valence-corrected chi connectivity index (χ0v) is 18.6.